The second kappa shape index (κ2) is 2.80. The number of fused-ring (bicyclic) bond motifs is 1. The van der Waals surface area contributed by atoms with Gasteiger partial charge >= 0.3 is 0 Å². The van der Waals surface area contributed by atoms with E-state index in [1.807, 2.05) is 12.4 Å². The molecule has 0 N–H and O–H groups in total. The molecule has 2 rings (SSSR count). The van der Waals surface area contributed by atoms with Gasteiger partial charge in [-0.05, 0) is 24.0 Å². The number of aromatic nitrogens is 1. The molecule has 2 nitrogen and oxygen atoms in total. The maximum Gasteiger partial charge on any atom is 0.0960 e. The Morgan fingerprint density at radius 3 is 2.79 bits per heavy atom. The molecule has 1 aliphatic heterocycles. The van der Waals surface area contributed by atoms with Gasteiger partial charge in [0.05, 0.1) is 12.2 Å². The van der Waals surface area contributed by atoms with E-state index < -0.39 is 0 Å². The summed E-state index contributed by atoms with van der Waals surface area (Å²) >= 11 is 0. The lowest BCUT2D eigenvalue weighted by atomic mass is 9.74. The smallest absolute Gasteiger partial charge is 0.0960 e. The highest BCUT2D eigenvalue weighted by atomic mass is 16.5. The van der Waals surface area contributed by atoms with Crippen LogP contribution in [0.2, 0.25) is 0 Å². The van der Waals surface area contributed by atoms with E-state index in [2.05, 4.69) is 38.7 Å². The molecule has 0 radical (unpaired) electrons. The fraction of sp³-hybridized carbons (Fsp3) is 0.583. The number of hydrogen-bond acceptors (Lipinski definition) is 2. The third-order valence-electron chi connectivity index (χ3n) is 3.37. The lowest BCUT2D eigenvalue weighted by Gasteiger charge is -2.38. The summed E-state index contributed by atoms with van der Waals surface area (Å²) < 4.78 is 5.94. The first-order valence-corrected chi connectivity index (χ1v) is 5.02. The van der Waals surface area contributed by atoms with E-state index in [4.69, 9.17) is 4.74 Å². The lowest BCUT2D eigenvalue weighted by Crippen LogP contribution is -2.36. The van der Waals surface area contributed by atoms with Gasteiger partial charge in [0.2, 0.25) is 0 Å². The lowest BCUT2D eigenvalue weighted by molar-refractivity contribution is -0.0992. The minimum absolute atomic E-state index is 0.111. The molecule has 0 bridgehead atoms. The molecule has 1 aromatic rings. The average molecular weight is 191 g/mol. The molecule has 0 aromatic carbocycles. The van der Waals surface area contributed by atoms with Crippen molar-refractivity contribution in [2.24, 2.45) is 5.41 Å². The van der Waals surface area contributed by atoms with E-state index in [0.717, 1.165) is 0 Å². The fourth-order valence-electron chi connectivity index (χ4n) is 1.93. The normalized spacial score (nSPS) is 26.3. The van der Waals surface area contributed by atoms with Gasteiger partial charge in [0.15, 0.2) is 0 Å². The van der Waals surface area contributed by atoms with Crippen LogP contribution in [0.5, 0.6) is 0 Å². The predicted molar refractivity (Wildman–Crippen MR) is 55.8 cm³/mol. The molecule has 14 heavy (non-hydrogen) atoms. The van der Waals surface area contributed by atoms with Crippen LogP contribution < -0.4 is 0 Å². The van der Waals surface area contributed by atoms with Gasteiger partial charge < -0.3 is 4.74 Å². The third kappa shape index (κ3) is 1.17. The molecule has 0 spiro atoms. The first-order chi connectivity index (χ1) is 6.45. The molecule has 2 heterocycles. The Kier molecular flexibility index (Phi) is 1.93. The summed E-state index contributed by atoms with van der Waals surface area (Å²) in [6, 6.07) is 2.08. The summed E-state index contributed by atoms with van der Waals surface area (Å²) in [5.74, 6) is 0. The number of hydrogen-bond donors (Lipinski definition) is 0. The Bertz CT molecular complexity index is 354. The van der Waals surface area contributed by atoms with Crippen LogP contribution in [-0.2, 0) is 16.9 Å². The Hall–Kier alpha value is -0.890. The first-order valence-electron chi connectivity index (χ1n) is 5.02. The molecular weight excluding hydrogens is 174 g/mol. The monoisotopic (exact) mass is 191 g/mol. The summed E-state index contributed by atoms with van der Waals surface area (Å²) in [4.78, 5) is 4.12. The number of ether oxygens (including phenoxy) is 1. The van der Waals surface area contributed by atoms with Crippen LogP contribution in [0, 0.1) is 5.41 Å². The summed E-state index contributed by atoms with van der Waals surface area (Å²) in [5, 5.41) is 0. The fourth-order valence-corrected chi connectivity index (χ4v) is 1.93. The SMILES string of the molecule is CC(C)(C)C1(C)OCc2cnccc21. The van der Waals surface area contributed by atoms with Crippen molar-refractivity contribution >= 4 is 0 Å². The van der Waals surface area contributed by atoms with Gasteiger partial charge in [-0.25, -0.2) is 0 Å². The molecule has 76 valence electrons. The van der Waals surface area contributed by atoms with E-state index in [9.17, 15) is 0 Å². The van der Waals surface area contributed by atoms with Crippen molar-refractivity contribution in [3.63, 3.8) is 0 Å². The molecule has 0 amide bonds. The van der Waals surface area contributed by atoms with Crippen LogP contribution in [0.25, 0.3) is 0 Å². The molecule has 0 saturated heterocycles. The van der Waals surface area contributed by atoms with Gasteiger partial charge in [-0.1, -0.05) is 20.8 Å². The molecule has 1 unspecified atom stereocenters. The molecule has 0 aliphatic carbocycles. The first kappa shape index (κ1) is 9.66. The Morgan fingerprint density at radius 2 is 2.14 bits per heavy atom. The maximum absolute atomic E-state index is 5.94. The van der Waals surface area contributed by atoms with Gasteiger partial charge in [0.1, 0.15) is 0 Å². The Balaban J connectivity index is 2.53. The predicted octanol–water partition coefficient (Wildman–Crippen LogP) is 2.87. The summed E-state index contributed by atoms with van der Waals surface area (Å²) in [5.41, 5.74) is 2.45. The minimum atomic E-state index is -0.175. The zero-order chi connectivity index (χ0) is 10.4. The maximum atomic E-state index is 5.94. The summed E-state index contributed by atoms with van der Waals surface area (Å²) in [7, 11) is 0. The van der Waals surface area contributed by atoms with Crippen molar-refractivity contribution < 1.29 is 4.74 Å². The van der Waals surface area contributed by atoms with Crippen LogP contribution in [0.4, 0.5) is 0 Å². The van der Waals surface area contributed by atoms with Crippen LogP contribution in [0.15, 0.2) is 18.5 Å². The van der Waals surface area contributed by atoms with Crippen molar-refractivity contribution in [1.82, 2.24) is 4.98 Å². The van der Waals surface area contributed by atoms with Crippen molar-refractivity contribution in [2.75, 3.05) is 0 Å². The third-order valence-corrected chi connectivity index (χ3v) is 3.37. The van der Waals surface area contributed by atoms with Crippen molar-refractivity contribution in [1.29, 1.82) is 0 Å². The highest BCUT2D eigenvalue weighted by Gasteiger charge is 2.45. The molecule has 0 saturated carbocycles. The van der Waals surface area contributed by atoms with E-state index >= 15 is 0 Å². The Labute approximate surface area is 85.3 Å². The quantitative estimate of drug-likeness (QED) is 0.629. The second-order valence-electron chi connectivity index (χ2n) is 5.10. The molecule has 1 aliphatic rings. The molecular formula is C12H17NO. The van der Waals surface area contributed by atoms with E-state index in [1.165, 1.54) is 11.1 Å². The number of rotatable bonds is 0. The zero-order valence-corrected chi connectivity index (χ0v) is 9.29. The van der Waals surface area contributed by atoms with Gasteiger partial charge in [-0.15, -0.1) is 0 Å². The van der Waals surface area contributed by atoms with Crippen LogP contribution >= 0.6 is 0 Å². The van der Waals surface area contributed by atoms with Crippen LogP contribution in [0.3, 0.4) is 0 Å². The highest BCUT2D eigenvalue weighted by molar-refractivity contribution is 5.33. The van der Waals surface area contributed by atoms with Crippen LogP contribution in [0.1, 0.15) is 38.8 Å². The largest absolute Gasteiger partial charge is 0.365 e. The van der Waals surface area contributed by atoms with E-state index in [0.29, 0.717) is 6.61 Å². The van der Waals surface area contributed by atoms with Gasteiger partial charge in [0.25, 0.3) is 0 Å². The molecule has 1 atom stereocenters. The van der Waals surface area contributed by atoms with Crippen LogP contribution in [-0.4, -0.2) is 4.98 Å². The Morgan fingerprint density at radius 1 is 1.43 bits per heavy atom. The molecule has 0 fully saturated rings. The van der Waals surface area contributed by atoms with Gasteiger partial charge in [-0.3, -0.25) is 4.98 Å². The molecule has 1 aromatic heterocycles. The minimum Gasteiger partial charge on any atom is -0.365 e. The van der Waals surface area contributed by atoms with Crippen molar-refractivity contribution in [3.8, 4) is 0 Å². The molecule has 2 heteroatoms. The highest BCUT2D eigenvalue weighted by Crippen LogP contribution is 2.47. The second-order valence-corrected chi connectivity index (χ2v) is 5.10. The number of nitrogens with zero attached hydrogens (tertiary/aromatic N) is 1. The number of pyridine rings is 1. The topological polar surface area (TPSA) is 22.1 Å². The zero-order valence-electron chi connectivity index (χ0n) is 9.29. The van der Waals surface area contributed by atoms with Gasteiger partial charge in [0, 0.05) is 18.0 Å². The summed E-state index contributed by atoms with van der Waals surface area (Å²) in [6.07, 6.45) is 3.75. The van der Waals surface area contributed by atoms with Crippen molar-refractivity contribution in [2.45, 2.75) is 39.9 Å². The van der Waals surface area contributed by atoms with Crippen molar-refractivity contribution in [3.05, 3.63) is 29.6 Å². The van der Waals surface area contributed by atoms with E-state index in [1.54, 1.807) is 0 Å². The standard InChI is InChI=1S/C12H17NO/c1-11(2,3)12(4)10-5-6-13-7-9(10)8-14-12/h5-7H,8H2,1-4H3. The van der Waals surface area contributed by atoms with Gasteiger partial charge in [-0.2, -0.15) is 0 Å². The average Bonchev–Trinajstić information content (AvgIpc) is 2.45. The van der Waals surface area contributed by atoms with E-state index in [-0.39, 0.29) is 11.0 Å². The summed E-state index contributed by atoms with van der Waals surface area (Å²) in [6.45, 7) is 9.49.